The number of hydrogen-bond acceptors (Lipinski definition) is 3. The Morgan fingerprint density at radius 3 is 2.74 bits per heavy atom. The largest absolute Gasteiger partial charge is 0.487 e. The van der Waals surface area contributed by atoms with Crippen LogP contribution >= 0.6 is 11.6 Å². The van der Waals surface area contributed by atoms with Crippen LogP contribution in [0.4, 0.5) is 5.82 Å². The molecule has 0 aliphatic heterocycles. The third kappa shape index (κ3) is 3.18. The molecule has 0 atom stereocenters. The molecule has 4 heteroatoms. The van der Waals surface area contributed by atoms with Gasteiger partial charge in [-0.1, -0.05) is 23.7 Å². The number of aryl methyl sites for hydroxylation is 1. The molecule has 1 heterocycles. The van der Waals surface area contributed by atoms with Crippen molar-refractivity contribution in [1.82, 2.24) is 4.98 Å². The fourth-order valence-corrected chi connectivity index (χ4v) is 1.91. The summed E-state index contributed by atoms with van der Waals surface area (Å²) in [4.78, 5) is 4.39. The highest BCUT2D eigenvalue weighted by molar-refractivity contribution is 6.31. The van der Waals surface area contributed by atoms with Crippen LogP contribution in [-0.4, -0.2) is 12.0 Å². The summed E-state index contributed by atoms with van der Waals surface area (Å²) in [6.07, 6.45) is 0. The third-order valence-corrected chi connectivity index (χ3v) is 3.44. The second kappa shape index (κ2) is 5.93. The molecule has 3 nitrogen and oxygen atoms in total. The van der Waals surface area contributed by atoms with E-state index in [4.69, 9.17) is 16.3 Å². The van der Waals surface area contributed by atoms with Gasteiger partial charge in [-0.2, -0.15) is 0 Å². The Balaban J connectivity index is 2.16. The molecule has 1 aromatic carbocycles. The van der Waals surface area contributed by atoms with E-state index in [0.29, 0.717) is 11.6 Å². The van der Waals surface area contributed by atoms with E-state index >= 15 is 0 Å². The quantitative estimate of drug-likeness (QED) is 0.917. The van der Waals surface area contributed by atoms with Gasteiger partial charge in [-0.3, -0.25) is 0 Å². The summed E-state index contributed by atoms with van der Waals surface area (Å²) in [6, 6.07) is 9.66. The summed E-state index contributed by atoms with van der Waals surface area (Å²) in [6.45, 7) is 4.47. The molecule has 2 aromatic rings. The van der Waals surface area contributed by atoms with Crippen molar-refractivity contribution in [3.63, 3.8) is 0 Å². The van der Waals surface area contributed by atoms with Crippen molar-refractivity contribution < 1.29 is 4.74 Å². The van der Waals surface area contributed by atoms with Crippen LogP contribution in [0.15, 0.2) is 30.3 Å². The van der Waals surface area contributed by atoms with Crippen LogP contribution in [0.1, 0.15) is 16.8 Å². The standard InChI is InChI=1S/C15H17ClN2O/c1-10-5-4-6-14(11(10)2)19-9-13-12(16)7-8-15(17-3)18-13/h4-8H,9H2,1-3H3,(H,17,18). The molecule has 2 rings (SSSR count). The van der Waals surface area contributed by atoms with Crippen molar-refractivity contribution in [3.05, 3.63) is 52.2 Å². The lowest BCUT2D eigenvalue weighted by molar-refractivity contribution is 0.299. The van der Waals surface area contributed by atoms with Gasteiger partial charge in [-0.05, 0) is 43.2 Å². The van der Waals surface area contributed by atoms with Gasteiger partial charge in [-0.25, -0.2) is 4.98 Å². The number of anilines is 1. The molecule has 19 heavy (non-hydrogen) atoms. The van der Waals surface area contributed by atoms with Crippen LogP contribution in [0.3, 0.4) is 0 Å². The second-order valence-corrected chi connectivity index (χ2v) is 4.77. The monoisotopic (exact) mass is 276 g/mol. The fourth-order valence-electron chi connectivity index (χ4n) is 1.75. The Hall–Kier alpha value is -1.74. The number of benzene rings is 1. The molecule has 0 amide bonds. The number of rotatable bonds is 4. The minimum absolute atomic E-state index is 0.360. The van der Waals surface area contributed by atoms with E-state index in [0.717, 1.165) is 22.8 Å². The third-order valence-electron chi connectivity index (χ3n) is 3.09. The molecule has 0 aliphatic rings. The summed E-state index contributed by atoms with van der Waals surface area (Å²) in [7, 11) is 1.82. The molecule has 0 radical (unpaired) electrons. The molecule has 0 spiro atoms. The van der Waals surface area contributed by atoms with Crippen LogP contribution in [0, 0.1) is 13.8 Å². The summed E-state index contributed by atoms with van der Waals surface area (Å²) in [5, 5.41) is 3.60. The minimum atomic E-state index is 0.360. The van der Waals surface area contributed by atoms with Crippen molar-refractivity contribution in [3.8, 4) is 5.75 Å². The maximum atomic E-state index is 6.12. The van der Waals surface area contributed by atoms with Gasteiger partial charge in [0.05, 0.1) is 10.7 Å². The number of ether oxygens (including phenoxy) is 1. The lowest BCUT2D eigenvalue weighted by Crippen LogP contribution is -2.03. The van der Waals surface area contributed by atoms with Crippen molar-refractivity contribution >= 4 is 17.4 Å². The van der Waals surface area contributed by atoms with E-state index in [-0.39, 0.29) is 0 Å². The number of halogens is 1. The van der Waals surface area contributed by atoms with Crippen molar-refractivity contribution in [2.45, 2.75) is 20.5 Å². The average Bonchev–Trinajstić information content (AvgIpc) is 2.42. The Labute approximate surface area is 118 Å². The Bertz CT molecular complexity index is 584. The molecule has 0 fully saturated rings. The zero-order chi connectivity index (χ0) is 13.8. The molecule has 100 valence electrons. The van der Waals surface area contributed by atoms with Crippen LogP contribution in [0.25, 0.3) is 0 Å². The van der Waals surface area contributed by atoms with Gasteiger partial charge in [0.15, 0.2) is 0 Å². The molecule has 0 saturated heterocycles. The highest BCUT2D eigenvalue weighted by atomic mass is 35.5. The van der Waals surface area contributed by atoms with Gasteiger partial charge in [0.2, 0.25) is 0 Å². The number of pyridine rings is 1. The number of aromatic nitrogens is 1. The summed E-state index contributed by atoms with van der Waals surface area (Å²) >= 11 is 6.12. The Morgan fingerprint density at radius 1 is 1.21 bits per heavy atom. The normalized spacial score (nSPS) is 10.3. The second-order valence-electron chi connectivity index (χ2n) is 4.36. The average molecular weight is 277 g/mol. The molecule has 0 saturated carbocycles. The molecule has 0 bridgehead atoms. The summed E-state index contributed by atoms with van der Waals surface area (Å²) < 4.78 is 5.81. The predicted octanol–water partition coefficient (Wildman–Crippen LogP) is 3.97. The van der Waals surface area contributed by atoms with Crippen LogP contribution < -0.4 is 10.1 Å². The summed E-state index contributed by atoms with van der Waals surface area (Å²) in [5.41, 5.74) is 3.08. The van der Waals surface area contributed by atoms with Crippen molar-refractivity contribution in [1.29, 1.82) is 0 Å². The fraction of sp³-hybridized carbons (Fsp3) is 0.267. The lowest BCUT2D eigenvalue weighted by atomic mass is 10.1. The first-order valence-electron chi connectivity index (χ1n) is 6.14. The zero-order valence-electron chi connectivity index (χ0n) is 11.3. The number of nitrogens with one attached hydrogen (secondary N) is 1. The van der Waals surface area contributed by atoms with Gasteiger partial charge >= 0.3 is 0 Å². The SMILES string of the molecule is CNc1ccc(Cl)c(COc2cccc(C)c2C)n1. The Morgan fingerprint density at radius 2 is 2.00 bits per heavy atom. The zero-order valence-corrected chi connectivity index (χ0v) is 12.1. The van der Waals surface area contributed by atoms with E-state index in [1.54, 1.807) is 0 Å². The smallest absolute Gasteiger partial charge is 0.132 e. The molecule has 1 N–H and O–H groups in total. The summed E-state index contributed by atoms with van der Waals surface area (Å²) in [5.74, 6) is 1.65. The van der Waals surface area contributed by atoms with E-state index in [1.807, 2.05) is 38.2 Å². The maximum absolute atomic E-state index is 6.12. The maximum Gasteiger partial charge on any atom is 0.132 e. The first-order chi connectivity index (χ1) is 9.11. The minimum Gasteiger partial charge on any atom is -0.487 e. The van der Waals surface area contributed by atoms with Crippen LogP contribution in [-0.2, 0) is 6.61 Å². The first-order valence-corrected chi connectivity index (χ1v) is 6.52. The molecule has 0 aliphatic carbocycles. The molecular weight excluding hydrogens is 260 g/mol. The van der Waals surface area contributed by atoms with E-state index in [9.17, 15) is 0 Å². The topological polar surface area (TPSA) is 34.1 Å². The number of nitrogens with zero attached hydrogens (tertiary/aromatic N) is 1. The van der Waals surface area contributed by atoms with E-state index in [2.05, 4.69) is 23.3 Å². The Kier molecular flexibility index (Phi) is 4.27. The first kappa shape index (κ1) is 13.7. The van der Waals surface area contributed by atoms with E-state index < -0.39 is 0 Å². The van der Waals surface area contributed by atoms with Crippen LogP contribution in [0.5, 0.6) is 5.75 Å². The molecular formula is C15H17ClN2O. The van der Waals surface area contributed by atoms with Gasteiger partial charge < -0.3 is 10.1 Å². The van der Waals surface area contributed by atoms with Gasteiger partial charge in [0.1, 0.15) is 18.2 Å². The highest BCUT2D eigenvalue weighted by Crippen LogP contribution is 2.23. The van der Waals surface area contributed by atoms with Crippen molar-refractivity contribution in [2.75, 3.05) is 12.4 Å². The van der Waals surface area contributed by atoms with Gasteiger partial charge in [0, 0.05) is 7.05 Å². The molecule has 1 aromatic heterocycles. The van der Waals surface area contributed by atoms with Gasteiger partial charge in [-0.15, -0.1) is 0 Å². The van der Waals surface area contributed by atoms with Crippen molar-refractivity contribution in [2.24, 2.45) is 0 Å². The van der Waals surface area contributed by atoms with Gasteiger partial charge in [0.25, 0.3) is 0 Å². The lowest BCUT2D eigenvalue weighted by Gasteiger charge is -2.12. The van der Waals surface area contributed by atoms with Crippen LogP contribution in [0.2, 0.25) is 5.02 Å². The number of hydrogen-bond donors (Lipinski definition) is 1. The predicted molar refractivity (Wildman–Crippen MR) is 79.0 cm³/mol. The van der Waals surface area contributed by atoms with E-state index in [1.165, 1.54) is 5.56 Å². The molecule has 0 unspecified atom stereocenters. The highest BCUT2D eigenvalue weighted by Gasteiger charge is 2.07.